The normalized spacial score (nSPS) is 18.7. The van der Waals surface area contributed by atoms with Crippen molar-refractivity contribution < 1.29 is 4.79 Å². The molecule has 2 amide bonds. The number of hydrogen-bond acceptors (Lipinski definition) is 2. The first-order chi connectivity index (χ1) is 9.47. The van der Waals surface area contributed by atoms with Gasteiger partial charge in [-0.3, -0.25) is 0 Å². The van der Waals surface area contributed by atoms with Crippen molar-refractivity contribution in [3.63, 3.8) is 0 Å². The molecule has 6 heteroatoms. The van der Waals surface area contributed by atoms with Gasteiger partial charge in [-0.25, -0.2) is 4.79 Å². The van der Waals surface area contributed by atoms with Gasteiger partial charge >= 0.3 is 6.03 Å². The lowest BCUT2D eigenvalue weighted by atomic mass is 10.0. The number of nitrogens with zero attached hydrogens (tertiary/aromatic N) is 1. The van der Waals surface area contributed by atoms with Crippen molar-refractivity contribution >= 4 is 40.5 Å². The lowest BCUT2D eigenvalue weighted by molar-refractivity contribution is 0.182. The molecule has 108 valence electrons. The topological polar surface area (TPSA) is 58.4 Å². The van der Waals surface area contributed by atoms with Crippen molar-refractivity contribution in [1.29, 1.82) is 0 Å². The van der Waals surface area contributed by atoms with E-state index in [4.69, 9.17) is 29.6 Å². The van der Waals surface area contributed by atoms with Crippen LogP contribution in [0, 0.1) is 5.92 Å². The number of rotatable bonds is 2. The Balaban J connectivity index is 2.06. The smallest absolute Gasteiger partial charge is 0.321 e. The van der Waals surface area contributed by atoms with Crippen molar-refractivity contribution in [3.8, 4) is 0 Å². The molecule has 1 fully saturated rings. The molecule has 1 saturated heterocycles. The number of anilines is 1. The number of piperidine rings is 1. The Morgan fingerprint density at radius 2 is 2.30 bits per heavy atom. The third-order valence-electron chi connectivity index (χ3n) is 3.44. The predicted octanol–water partition coefficient (Wildman–Crippen LogP) is 3.24. The molecule has 2 rings (SSSR count). The van der Waals surface area contributed by atoms with Gasteiger partial charge in [-0.15, -0.1) is 0 Å². The van der Waals surface area contributed by atoms with E-state index in [0.29, 0.717) is 22.2 Å². The maximum Gasteiger partial charge on any atom is 0.321 e. The summed E-state index contributed by atoms with van der Waals surface area (Å²) in [7, 11) is 0. The number of thiocarbonyl (C=S) groups is 1. The summed E-state index contributed by atoms with van der Waals surface area (Å²) < 4.78 is 0. The number of amides is 2. The number of urea groups is 1. The number of carbonyl (C=O) groups is 1. The number of carbonyl (C=O) groups excluding carboxylic acids is 1. The van der Waals surface area contributed by atoms with Gasteiger partial charge in [-0.1, -0.05) is 30.7 Å². The van der Waals surface area contributed by atoms with Crippen LogP contribution in [0.15, 0.2) is 18.2 Å². The van der Waals surface area contributed by atoms with Gasteiger partial charge in [0.2, 0.25) is 0 Å². The van der Waals surface area contributed by atoms with E-state index in [0.717, 1.165) is 19.5 Å². The third-order valence-corrected chi connectivity index (χ3v) is 3.99. The quantitative estimate of drug-likeness (QED) is 0.824. The fourth-order valence-corrected chi connectivity index (χ4v) is 2.69. The highest BCUT2D eigenvalue weighted by Crippen LogP contribution is 2.24. The molecular weight excluding hydrogens is 294 g/mol. The maximum absolute atomic E-state index is 12.2. The molecule has 0 aromatic heterocycles. The number of nitrogens with two attached hydrogens (primary N) is 1. The lowest BCUT2D eigenvalue weighted by Gasteiger charge is -2.31. The molecule has 0 radical (unpaired) electrons. The first-order valence-corrected chi connectivity index (χ1v) is 7.41. The van der Waals surface area contributed by atoms with Crippen LogP contribution in [-0.2, 0) is 0 Å². The molecule has 1 unspecified atom stereocenters. The molecular formula is C14H18ClN3OS. The number of nitrogens with one attached hydrogen (secondary N) is 1. The van der Waals surface area contributed by atoms with E-state index in [1.165, 1.54) is 6.42 Å². The van der Waals surface area contributed by atoms with Gasteiger partial charge in [0.25, 0.3) is 0 Å². The van der Waals surface area contributed by atoms with Crippen molar-refractivity contribution in [2.75, 3.05) is 18.4 Å². The predicted molar refractivity (Wildman–Crippen MR) is 86.3 cm³/mol. The summed E-state index contributed by atoms with van der Waals surface area (Å²) >= 11 is 11.0. The lowest BCUT2D eigenvalue weighted by Crippen LogP contribution is -2.41. The Labute approximate surface area is 129 Å². The number of benzene rings is 1. The summed E-state index contributed by atoms with van der Waals surface area (Å²) in [4.78, 5) is 14.3. The van der Waals surface area contributed by atoms with Gasteiger partial charge in [0.05, 0.1) is 10.7 Å². The van der Waals surface area contributed by atoms with Crippen LogP contribution in [0.1, 0.15) is 25.3 Å². The summed E-state index contributed by atoms with van der Waals surface area (Å²) in [5.41, 5.74) is 6.81. The Bertz CT molecular complexity index is 535. The van der Waals surface area contributed by atoms with E-state index >= 15 is 0 Å². The summed E-state index contributed by atoms with van der Waals surface area (Å²) in [6.45, 7) is 3.73. The maximum atomic E-state index is 12.2. The van der Waals surface area contributed by atoms with Crippen LogP contribution < -0.4 is 11.1 Å². The molecule has 1 heterocycles. The molecule has 1 aliphatic heterocycles. The van der Waals surface area contributed by atoms with Gasteiger partial charge in [-0.05, 0) is 37.0 Å². The van der Waals surface area contributed by atoms with Crippen LogP contribution in [0.2, 0.25) is 5.02 Å². The molecule has 1 atom stereocenters. The first-order valence-electron chi connectivity index (χ1n) is 6.62. The molecule has 3 N–H and O–H groups in total. The SMILES string of the molecule is CC1CCCN(C(=O)Nc2ccc(C(N)=S)cc2Cl)C1. The summed E-state index contributed by atoms with van der Waals surface area (Å²) in [5.74, 6) is 0.543. The Morgan fingerprint density at radius 1 is 1.55 bits per heavy atom. The summed E-state index contributed by atoms with van der Waals surface area (Å²) in [6, 6.07) is 5.03. The van der Waals surface area contributed by atoms with Gasteiger partial charge in [-0.2, -0.15) is 0 Å². The van der Waals surface area contributed by atoms with Crippen molar-refractivity contribution in [2.24, 2.45) is 11.7 Å². The molecule has 1 aliphatic rings. The monoisotopic (exact) mass is 311 g/mol. The van der Waals surface area contributed by atoms with E-state index in [9.17, 15) is 4.79 Å². The zero-order chi connectivity index (χ0) is 14.7. The average molecular weight is 312 g/mol. The van der Waals surface area contributed by atoms with Gasteiger partial charge in [0.15, 0.2) is 0 Å². The van der Waals surface area contributed by atoms with Crippen LogP contribution in [0.3, 0.4) is 0 Å². The zero-order valence-corrected chi connectivity index (χ0v) is 12.9. The fourth-order valence-electron chi connectivity index (χ4n) is 2.34. The molecule has 4 nitrogen and oxygen atoms in total. The minimum Gasteiger partial charge on any atom is -0.389 e. The first kappa shape index (κ1) is 15.1. The largest absolute Gasteiger partial charge is 0.389 e. The molecule has 0 aliphatic carbocycles. The average Bonchev–Trinajstić information content (AvgIpc) is 2.40. The highest BCUT2D eigenvalue weighted by molar-refractivity contribution is 7.80. The minimum atomic E-state index is -0.110. The molecule has 1 aromatic carbocycles. The van der Waals surface area contributed by atoms with Crippen molar-refractivity contribution in [2.45, 2.75) is 19.8 Å². The second kappa shape index (κ2) is 6.41. The third kappa shape index (κ3) is 3.61. The molecule has 0 bridgehead atoms. The van der Waals surface area contributed by atoms with Crippen molar-refractivity contribution in [3.05, 3.63) is 28.8 Å². The fraction of sp³-hybridized carbons (Fsp3) is 0.429. The van der Waals surface area contributed by atoms with Gasteiger partial charge < -0.3 is 16.0 Å². The van der Waals surface area contributed by atoms with Crippen LogP contribution in [0.5, 0.6) is 0 Å². The van der Waals surface area contributed by atoms with E-state index in [2.05, 4.69) is 12.2 Å². The van der Waals surface area contributed by atoms with Crippen molar-refractivity contribution in [1.82, 2.24) is 4.90 Å². The van der Waals surface area contributed by atoms with Crippen LogP contribution in [0.4, 0.5) is 10.5 Å². The van der Waals surface area contributed by atoms with E-state index < -0.39 is 0 Å². The highest BCUT2D eigenvalue weighted by atomic mass is 35.5. The van der Waals surface area contributed by atoms with E-state index in [-0.39, 0.29) is 11.0 Å². The van der Waals surface area contributed by atoms with E-state index in [1.807, 2.05) is 4.90 Å². The Hall–Kier alpha value is -1.33. The second-order valence-electron chi connectivity index (χ2n) is 5.18. The molecule has 0 spiro atoms. The molecule has 0 saturated carbocycles. The van der Waals surface area contributed by atoms with Crippen LogP contribution in [-0.4, -0.2) is 29.0 Å². The Morgan fingerprint density at radius 3 is 2.90 bits per heavy atom. The second-order valence-corrected chi connectivity index (χ2v) is 6.03. The Kier molecular flexibility index (Phi) is 4.83. The molecule has 1 aromatic rings. The van der Waals surface area contributed by atoms with Crippen LogP contribution in [0.25, 0.3) is 0 Å². The number of halogens is 1. The number of hydrogen-bond donors (Lipinski definition) is 2. The van der Waals surface area contributed by atoms with Crippen LogP contribution >= 0.6 is 23.8 Å². The summed E-state index contributed by atoms with van der Waals surface area (Å²) in [5, 5.41) is 3.28. The number of likely N-dealkylation sites (tertiary alicyclic amines) is 1. The van der Waals surface area contributed by atoms with Gasteiger partial charge in [0.1, 0.15) is 4.99 Å². The minimum absolute atomic E-state index is 0.110. The highest BCUT2D eigenvalue weighted by Gasteiger charge is 2.21. The van der Waals surface area contributed by atoms with Gasteiger partial charge in [0, 0.05) is 18.7 Å². The standard InChI is InChI=1S/C14H18ClN3OS/c1-9-3-2-6-18(8-9)14(19)17-12-5-4-10(13(16)20)7-11(12)15/h4-5,7,9H,2-3,6,8H2,1H3,(H2,16,20)(H,17,19). The summed E-state index contributed by atoms with van der Waals surface area (Å²) in [6.07, 6.45) is 2.22. The molecule has 20 heavy (non-hydrogen) atoms. The van der Waals surface area contributed by atoms with E-state index in [1.54, 1.807) is 18.2 Å². The zero-order valence-electron chi connectivity index (χ0n) is 11.4.